The van der Waals surface area contributed by atoms with Crippen LogP contribution < -0.4 is 0 Å². The van der Waals surface area contributed by atoms with Crippen LogP contribution in [0.25, 0.3) is 0 Å². The molecule has 1 aromatic heterocycles. The summed E-state index contributed by atoms with van der Waals surface area (Å²) in [5, 5.41) is 10.1. The van der Waals surface area contributed by atoms with Crippen LogP contribution >= 0.6 is 23.2 Å². The number of aliphatic hydroxyl groups is 1. The van der Waals surface area contributed by atoms with E-state index in [0.717, 1.165) is 0 Å². The second kappa shape index (κ2) is 4.08. The molecule has 1 heterocycles. The van der Waals surface area contributed by atoms with Crippen molar-refractivity contribution in [1.82, 2.24) is 4.98 Å². The van der Waals surface area contributed by atoms with Crippen LogP contribution in [0.1, 0.15) is 25.0 Å². The Morgan fingerprint density at radius 1 is 1.42 bits per heavy atom. The topological polar surface area (TPSA) is 33.1 Å². The predicted molar refractivity (Wildman–Crippen MR) is 49.5 cm³/mol. The van der Waals surface area contributed by atoms with Gasteiger partial charge in [-0.25, -0.2) is 4.98 Å². The molecule has 0 spiro atoms. The second-order valence-electron chi connectivity index (χ2n) is 2.47. The summed E-state index contributed by atoms with van der Waals surface area (Å²) in [6.07, 6.45) is 0.124. The first kappa shape index (κ1) is 9.78. The van der Waals surface area contributed by atoms with Crippen LogP contribution in [0.2, 0.25) is 10.3 Å². The number of halogens is 2. The molecule has 0 saturated heterocycles. The fourth-order valence-corrected chi connectivity index (χ4v) is 1.39. The number of pyridine rings is 1. The van der Waals surface area contributed by atoms with E-state index in [4.69, 9.17) is 23.2 Å². The smallest absolute Gasteiger partial charge is 0.131 e. The van der Waals surface area contributed by atoms with E-state index in [9.17, 15) is 5.11 Å². The highest BCUT2D eigenvalue weighted by atomic mass is 35.5. The second-order valence-corrected chi connectivity index (χ2v) is 3.24. The zero-order valence-electron chi connectivity index (χ0n) is 6.59. The molecule has 1 N–H and O–H groups in total. The Bertz CT molecular complexity index is 258. The fraction of sp³-hybridized carbons (Fsp3) is 0.375. The van der Waals surface area contributed by atoms with Gasteiger partial charge in [-0.3, -0.25) is 0 Å². The number of hydrogen-bond acceptors (Lipinski definition) is 2. The van der Waals surface area contributed by atoms with Gasteiger partial charge >= 0.3 is 0 Å². The fourth-order valence-electron chi connectivity index (χ4n) is 0.911. The third kappa shape index (κ3) is 2.34. The third-order valence-corrected chi connectivity index (χ3v) is 1.94. The summed E-state index contributed by atoms with van der Waals surface area (Å²) in [5.41, 5.74) is 0.711. The van der Waals surface area contributed by atoms with Gasteiger partial charge in [0, 0.05) is 0 Å². The lowest BCUT2D eigenvalue weighted by Gasteiger charge is -2.07. The molecule has 0 bridgehead atoms. The van der Waals surface area contributed by atoms with E-state index < -0.39 is 6.10 Å². The lowest BCUT2D eigenvalue weighted by Crippen LogP contribution is -1.95. The van der Waals surface area contributed by atoms with Gasteiger partial charge in [0.1, 0.15) is 10.3 Å². The lowest BCUT2D eigenvalue weighted by molar-refractivity contribution is 0.173. The molecule has 0 aliphatic carbocycles. The van der Waals surface area contributed by atoms with E-state index in [0.29, 0.717) is 22.3 Å². The monoisotopic (exact) mass is 205 g/mol. The van der Waals surface area contributed by atoms with E-state index in [1.54, 1.807) is 12.1 Å². The Balaban J connectivity index is 3.00. The molecule has 12 heavy (non-hydrogen) atoms. The maximum absolute atomic E-state index is 9.43. The number of aliphatic hydroxyl groups excluding tert-OH is 1. The van der Waals surface area contributed by atoms with Crippen molar-refractivity contribution in [3.8, 4) is 0 Å². The summed E-state index contributed by atoms with van der Waals surface area (Å²) in [5.74, 6) is 0. The Hall–Kier alpha value is -0.310. The van der Waals surface area contributed by atoms with E-state index in [2.05, 4.69) is 4.98 Å². The van der Waals surface area contributed by atoms with Crippen molar-refractivity contribution in [3.05, 3.63) is 28.0 Å². The van der Waals surface area contributed by atoms with Crippen LogP contribution in [0.5, 0.6) is 0 Å². The standard InChI is InChI=1S/C8H9Cl2NO/c1-2-6(12)5-3-7(9)11-8(10)4-5/h3-4,6,12H,2H2,1H3. The maximum atomic E-state index is 9.43. The van der Waals surface area contributed by atoms with Crippen LogP contribution in [-0.2, 0) is 0 Å². The SMILES string of the molecule is CCC(O)c1cc(Cl)nc(Cl)c1. The van der Waals surface area contributed by atoms with Crippen molar-refractivity contribution in [2.45, 2.75) is 19.4 Å². The van der Waals surface area contributed by atoms with Crippen molar-refractivity contribution < 1.29 is 5.11 Å². The predicted octanol–water partition coefficient (Wildman–Crippen LogP) is 2.83. The number of rotatable bonds is 2. The minimum atomic E-state index is -0.511. The first-order valence-electron chi connectivity index (χ1n) is 3.64. The van der Waals surface area contributed by atoms with Crippen LogP contribution in [0.15, 0.2) is 12.1 Å². The highest BCUT2D eigenvalue weighted by Gasteiger charge is 2.06. The molecule has 1 aromatic rings. The van der Waals surface area contributed by atoms with Crippen LogP contribution in [-0.4, -0.2) is 10.1 Å². The van der Waals surface area contributed by atoms with Gasteiger partial charge in [0.2, 0.25) is 0 Å². The molecule has 0 aliphatic rings. The summed E-state index contributed by atoms with van der Waals surface area (Å²) in [6.45, 7) is 1.88. The summed E-state index contributed by atoms with van der Waals surface area (Å²) in [7, 11) is 0. The highest BCUT2D eigenvalue weighted by Crippen LogP contribution is 2.21. The molecule has 0 aromatic carbocycles. The first-order chi connectivity index (χ1) is 5.63. The Labute approximate surface area is 81.1 Å². The summed E-state index contributed by atoms with van der Waals surface area (Å²) in [4.78, 5) is 3.77. The van der Waals surface area contributed by atoms with E-state index in [-0.39, 0.29) is 0 Å². The van der Waals surface area contributed by atoms with Gasteiger partial charge in [0.05, 0.1) is 6.10 Å². The minimum Gasteiger partial charge on any atom is -0.388 e. The van der Waals surface area contributed by atoms with E-state index in [1.807, 2.05) is 6.92 Å². The summed E-state index contributed by atoms with van der Waals surface area (Å²) in [6, 6.07) is 3.23. The average Bonchev–Trinajstić information content (AvgIpc) is 2.01. The van der Waals surface area contributed by atoms with Gasteiger partial charge in [-0.1, -0.05) is 30.1 Å². The number of nitrogens with zero attached hydrogens (tertiary/aromatic N) is 1. The average molecular weight is 206 g/mol. The molecule has 2 nitrogen and oxygen atoms in total. The molecule has 0 fully saturated rings. The van der Waals surface area contributed by atoms with Gasteiger partial charge in [0.15, 0.2) is 0 Å². The van der Waals surface area contributed by atoms with Gasteiger partial charge in [-0.15, -0.1) is 0 Å². The molecule has 66 valence electrons. The van der Waals surface area contributed by atoms with Crippen molar-refractivity contribution in [2.75, 3.05) is 0 Å². The normalized spacial score (nSPS) is 13.0. The maximum Gasteiger partial charge on any atom is 0.131 e. The van der Waals surface area contributed by atoms with Gasteiger partial charge in [-0.05, 0) is 24.1 Å². The molecule has 4 heteroatoms. The Morgan fingerprint density at radius 3 is 2.33 bits per heavy atom. The van der Waals surface area contributed by atoms with Crippen LogP contribution in [0, 0.1) is 0 Å². The molecule has 0 amide bonds. The van der Waals surface area contributed by atoms with Crippen molar-refractivity contribution in [3.63, 3.8) is 0 Å². The van der Waals surface area contributed by atoms with Gasteiger partial charge in [0.25, 0.3) is 0 Å². The van der Waals surface area contributed by atoms with Gasteiger partial charge < -0.3 is 5.11 Å². The molecule has 1 unspecified atom stereocenters. The molecule has 0 saturated carbocycles. The Morgan fingerprint density at radius 2 is 1.92 bits per heavy atom. The molecule has 0 radical (unpaired) electrons. The van der Waals surface area contributed by atoms with E-state index in [1.165, 1.54) is 0 Å². The van der Waals surface area contributed by atoms with Crippen molar-refractivity contribution >= 4 is 23.2 Å². The first-order valence-corrected chi connectivity index (χ1v) is 4.40. The highest BCUT2D eigenvalue weighted by molar-refractivity contribution is 6.32. The minimum absolute atomic E-state index is 0.310. The number of hydrogen-bond donors (Lipinski definition) is 1. The summed E-state index contributed by atoms with van der Waals surface area (Å²) >= 11 is 11.3. The molecular formula is C8H9Cl2NO. The molecule has 0 aliphatic heterocycles. The summed E-state index contributed by atoms with van der Waals surface area (Å²) < 4.78 is 0. The van der Waals surface area contributed by atoms with Crippen LogP contribution in [0.4, 0.5) is 0 Å². The van der Waals surface area contributed by atoms with Gasteiger partial charge in [-0.2, -0.15) is 0 Å². The Kier molecular flexibility index (Phi) is 3.32. The zero-order chi connectivity index (χ0) is 9.14. The largest absolute Gasteiger partial charge is 0.388 e. The third-order valence-electron chi connectivity index (χ3n) is 1.56. The molecular weight excluding hydrogens is 197 g/mol. The van der Waals surface area contributed by atoms with Crippen LogP contribution in [0.3, 0.4) is 0 Å². The lowest BCUT2D eigenvalue weighted by atomic mass is 10.1. The quantitative estimate of drug-likeness (QED) is 0.754. The zero-order valence-corrected chi connectivity index (χ0v) is 8.10. The van der Waals surface area contributed by atoms with E-state index >= 15 is 0 Å². The molecule has 1 atom stereocenters. The van der Waals surface area contributed by atoms with Crippen molar-refractivity contribution in [2.24, 2.45) is 0 Å². The van der Waals surface area contributed by atoms with Crippen molar-refractivity contribution in [1.29, 1.82) is 0 Å². The molecule has 1 rings (SSSR count). The number of aromatic nitrogens is 1.